The highest BCUT2D eigenvalue weighted by Gasteiger charge is 2.45. The van der Waals surface area contributed by atoms with E-state index in [0.717, 1.165) is 19.1 Å². The molecule has 2 rings (SSSR count). The summed E-state index contributed by atoms with van der Waals surface area (Å²) in [5, 5.41) is 5.80. The van der Waals surface area contributed by atoms with Crippen LogP contribution in [0.1, 0.15) is 19.8 Å². The third-order valence-corrected chi connectivity index (χ3v) is 2.87. The van der Waals surface area contributed by atoms with Crippen molar-refractivity contribution >= 4 is 12.2 Å². The first-order chi connectivity index (χ1) is 7.14. The smallest absolute Gasteiger partial charge is 0.231 e. The molecule has 0 unspecified atom stereocenters. The van der Waals surface area contributed by atoms with Crippen molar-refractivity contribution in [3.05, 3.63) is 23.5 Å². The van der Waals surface area contributed by atoms with Crippen molar-refractivity contribution in [2.75, 3.05) is 6.54 Å². The third-order valence-electron chi connectivity index (χ3n) is 2.87. The van der Waals surface area contributed by atoms with E-state index in [1.54, 1.807) is 12.2 Å². The lowest BCUT2D eigenvalue weighted by molar-refractivity contribution is -0.125. The highest BCUT2D eigenvalue weighted by atomic mass is 16.2. The molecule has 4 heteroatoms. The van der Waals surface area contributed by atoms with E-state index < -0.39 is 0 Å². The first kappa shape index (κ1) is 9.96. The normalized spacial score (nSPS) is 21.9. The molecule has 15 heavy (non-hydrogen) atoms. The summed E-state index contributed by atoms with van der Waals surface area (Å²) in [6.45, 7) is 2.53. The monoisotopic (exact) mass is 206 g/mol. The van der Waals surface area contributed by atoms with Gasteiger partial charge in [0.1, 0.15) is 12.1 Å². The summed E-state index contributed by atoms with van der Waals surface area (Å²) in [6.07, 6.45) is 6.11. The molecule has 0 radical (unpaired) electrons. The van der Waals surface area contributed by atoms with Gasteiger partial charge in [-0.2, -0.15) is 0 Å². The Morgan fingerprint density at radius 1 is 1.60 bits per heavy atom. The van der Waals surface area contributed by atoms with E-state index in [1.807, 2.05) is 6.92 Å². The molecule has 2 aliphatic rings. The van der Waals surface area contributed by atoms with E-state index in [0.29, 0.717) is 17.9 Å². The largest absolute Gasteiger partial charge is 0.368 e. The topological polar surface area (TPSA) is 58.2 Å². The third kappa shape index (κ3) is 2.09. The molecule has 1 heterocycles. The Bertz CT molecular complexity index is 365. The van der Waals surface area contributed by atoms with Gasteiger partial charge >= 0.3 is 0 Å². The van der Waals surface area contributed by atoms with Crippen molar-refractivity contribution in [1.82, 2.24) is 10.6 Å². The number of allylic oxidation sites excluding steroid dienone is 2. The molecule has 1 aliphatic heterocycles. The van der Waals surface area contributed by atoms with Crippen molar-refractivity contribution in [3.8, 4) is 0 Å². The summed E-state index contributed by atoms with van der Waals surface area (Å²) in [5.41, 5.74) is 0.412. The van der Waals surface area contributed by atoms with Gasteiger partial charge in [0.05, 0.1) is 0 Å². The molecule has 0 spiro atoms. The number of rotatable bonds is 3. The van der Waals surface area contributed by atoms with Crippen LogP contribution in [0.2, 0.25) is 0 Å². The molecular formula is C11H14N2O2. The maximum absolute atomic E-state index is 11.7. The van der Waals surface area contributed by atoms with Crippen LogP contribution < -0.4 is 10.6 Å². The summed E-state index contributed by atoms with van der Waals surface area (Å²) < 4.78 is 0. The molecule has 1 saturated carbocycles. The predicted molar refractivity (Wildman–Crippen MR) is 55.7 cm³/mol. The second kappa shape index (κ2) is 3.53. The van der Waals surface area contributed by atoms with Gasteiger partial charge in [-0.15, -0.1) is 0 Å². The van der Waals surface area contributed by atoms with Gasteiger partial charge in [-0.25, -0.2) is 0 Å². The summed E-state index contributed by atoms with van der Waals surface area (Å²) in [6, 6.07) is 0. The molecule has 1 fully saturated rings. The van der Waals surface area contributed by atoms with Gasteiger partial charge in [-0.05, 0) is 18.9 Å². The number of hydrogen-bond donors (Lipinski definition) is 2. The molecule has 0 aromatic rings. The Morgan fingerprint density at radius 2 is 2.33 bits per heavy atom. The molecule has 1 aliphatic carbocycles. The number of hydrogen-bond acceptors (Lipinski definition) is 3. The highest BCUT2D eigenvalue weighted by molar-refractivity contribution is 5.87. The van der Waals surface area contributed by atoms with E-state index in [-0.39, 0.29) is 11.3 Å². The summed E-state index contributed by atoms with van der Waals surface area (Å²) in [7, 11) is 0. The maximum Gasteiger partial charge on any atom is 0.231 e. The van der Waals surface area contributed by atoms with Crippen molar-refractivity contribution in [3.63, 3.8) is 0 Å². The van der Waals surface area contributed by atoms with Crippen molar-refractivity contribution < 1.29 is 9.59 Å². The average Bonchev–Trinajstić information content (AvgIpc) is 2.98. The zero-order valence-corrected chi connectivity index (χ0v) is 8.67. The summed E-state index contributed by atoms with van der Waals surface area (Å²) in [5.74, 6) is 0.658. The van der Waals surface area contributed by atoms with Crippen LogP contribution in [0.3, 0.4) is 0 Å². The zero-order valence-electron chi connectivity index (χ0n) is 8.67. The van der Waals surface area contributed by atoms with Crippen LogP contribution in [0, 0.1) is 5.41 Å². The van der Waals surface area contributed by atoms with Crippen LogP contribution in [0.15, 0.2) is 23.5 Å². The van der Waals surface area contributed by atoms with Crippen molar-refractivity contribution in [2.24, 2.45) is 5.41 Å². The quantitative estimate of drug-likeness (QED) is 0.660. The van der Waals surface area contributed by atoms with E-state index in [9.17, 15) is 9.59 Å². The fourth-order valence-electron chi connectivity index (χ4n) is 1.41. The molecule has 0 saturated heterocycles. The zero-order chi connectivity index (χ0) is 10.9. The van der Waals surface area contributed by atoms with E-state index in [2.05, 4.69) is 10.6 Å². The lowest BCUT2D eigenvalue weighted by Crippen LogP contribution is -2.37. The average molecular weight is 206 g/mol. The Morgan fingerprint density at radius 3 is 2.93 bits per heavy atom. The first-order valence-electron chi connectivity index (χ1n) is 5.06. The Hall–Kier alpha value is -1.58. The molecule has 4 nitrogen and oxygen atoms in total. The van der Waals surface area contributed by atoms with Crippen LogP contribution in [0.25, 0.3) is 0 Å². The first-order valence-corrected chi connectivity index (χ1v) is 5.06. The fraction of sp³-hybridized carbons (Fsp3) is 0.455. The molecule has 0 aromatic carbocycles. The van der Waals surface area contributed by atoms with Crippen molar-refractivity contribution in [1.29, 1.82) is 0 Å². The number of amides is 1. The van der Waals surface area contributed by atoms with Gasteiger partial charge in [0.15, 0.2) is 0 Å². The minimum Gasteiger partial charge on any atom is -0.368 e. The van der Waals surface area contributed by atoms with Gasteiger partial charge < -0.3 is 10.6 Å². The lowest BCUT2D eigenvalue weighted by atomic mass is 10.1. The minimum atomic E-state index is -0.189. The fourth-order valence-corrected chi connectivity index (χ4v) is 1.41. The molecular weight excluding hydrogens is 192 g/mol. The number of dihydropyridines is 1. The second-order valence-electron chi connectivity index (χ2n) is 4.28. The van der Waals surface area contributed by atoms with Crippen LogP contribution in [0.4, 0.5) is 0 Å². The Kier molecular flexibility index (Phi) is 2.34. The van der Waals surface area contributed by atoms with Gasteiger partial charge in [-0.3, -0.25) is 9.59 Å². The van der Waals surface area contributed by atoms with Crippen LogP contribution in [-0.4, -0.2) is 18.7 Å². The number of nitrogens with one attached hydrogen (secondary N) is 2. The SMILES string of the molecule is CC1(C(=O)NC2=CC(C=O)=CCN2)CC1. The van der Waals surface area contributed by atoms with Gasteiger partial charge in [-0.1, -0.05) is 13.0 Å². The van der Waals surface area contributed by atoms with Crippen molar-refractivity contribution in [2.45, 2.75) is 19.8 Å². The molecule has 2 N–H and O–H groups in total. The minimum absolute atomic E-state index is 0.0356. The highest BCUT2D eigenvalue weighted by Crippen LogP contribution is 2.45. The number of carbonyl (C=O) groups is 2. The second-order valence-corrected chi connectivity index (χ2v) is 4.28. The van der Waals surface area contributed by atoms with E-state index in [1.165, 1.54) is 0 Å². The Labute approximate surface area is 88.4 Å². The Balaban J connectivity index is 2.00. The van der Waals surface area contributed by atoms with Gasteiger partial charge in [0.25, 0.3) is 0 Å². The molecule has 80 valence electrons. The molecule has 0 atom stereocenters. The molecule has 0 bridgehead atoms. The van der Waals surface area contributed by atoms with Gasteiger partial charge in [0.2, 0.25) is 5.91 Å². The predicted octanol–water partition coefficient (Wildman–Crippen LogP) is 0.473. The standard InChI is InChI=1S/C11H14N2O2/c1-11(3-4-11)10(15)13-9-6-8(7-14)2-5-12-9/h2,6-7,12H,3-5H2,1H3,(H,13,15). The van der Waals surface area contributed by atoms with Crippen LogP contribution in [0.5, 0.6) is 0 Å². The number of aldehydes is 1. The molecule has 0 aromatic heterocycles. The number of carbonyl (C=O) groups excluding carboxylic acids is 2. The lowest BCUT2D eigenvalue weighted by Gasteiger charge is -2.17. The van der Waals surface area contributed by atoms with Crippen LogP contribution in [-0.2, 0) is 9.59 Å². The molecule has 1 amide bonds. The summed E-state index contributed by atoms with van der Waals surface area (Å²) >= 11 is 0. The maximum atomic E-state index is 11.7. The van der Waals surface area contributed by atoms with E-state index >= 15 is 0 Å². The summed E-state index contributed by atoms with van der Waals surface area (Å²) in [4.78, 5) is 22.2. The van der Waals surface area contributed by atoms with E-state index in [4.69, 9.17) is 0 Å². The van der Waals surface area contributed by atoms with Crippen LogP contribution >= 0.6 is 0 Å². The van der Waals surface area contributed by atoms with Gasteiger partial charge in [0, 0.05) is 17.5 Å².